The van der Waals surface area contributed by atoms with Gasteiger partial charge in [0.2, 0.25) is 5.91 Å². The topological polar surface area (TPSA) is 32.8 Å². The van der Waals surface area contributed by atoms with Crippen LogP contribution in [0, 0.1) is 0 Å². The van der Waals surface area contributed by atoms with E-state index in [-0.39, 0.29) is 5.91 Å². The van der Waals surface area contributed by atoms with Crippen LogP contribution in [0.5, 0.6) is 0 Å². The first-order chi connectivity index (χ1) is 9.19. The minimum atomic E-state index is 0.188. The number of morpholine rings is 1. The first kappa shape index (κ1) is 14.8. The van der Waals surface area contributed by atoms with E-state index in [0.29, 0.717) is 32.8 Å². The molecule has 2 rings (SSSR count). The smallest absolute Gasteiger partial charge is 0.236 e. The molecule has 0 atom stereocenters. The molecular formula is C13H19ClN2O2S. The average Bonchev–Trinajstić information content (AvgIpc) is 2.84. The third-order valence-electron chi connectivity index (χ3n) is 3.18. The van der Waals surface area contributed by atoms with E-state index in [4.69, 9.17) is 16.3 Å². The summed E-state index contributed by atoms with van der Waals surface area (Å²) in [5.74, 6) is 0.188. The highest BCUT2D eigenvalue weighted by Gasteiger charge is 2.19. The maximum absolute atomic E-state index is 12.2. The molecule has 19 heavy (non-hydrogen) atoms. The zero-order valence-electron chi connectivity index (χ0n) is 11.1. The summed E-state index contributed by atoms with van der Waals surface area (Å²) in [6.07, 6.45) is 0. The quantitative estimate of drug-likeness (QED) is 0.835. The van der Waals surface area contributed by atoms with Crippen molar-refractivity contribution in [2.75, 3.05) is 39.4 Å². The second-order valence-electron chi connectivity index (χ2n) is 4.50. The number of ether oxygens (including phenoxy) is 1. The van der Waals surface area contributed by atoms with Gasteiger partial charge in [-0.25, -0.2) is 0 Å². The van der Waals surface area contributed by atoms with Crippen LogP contribution in [0.3, 0.4) is 0 Å². The van der Waals surface area contributed by atoms with Crippen LogP contribution >= 0.6 is 22.9 Å². The van der Waals surface area contributed by atoms with E-state index in [1.165, 1.54) is 4.88 Å². The Balaban J connectivity index is 1.85. The molecule has 1 saturated heterocycles. The summed E-state index contributed by atoms with van der Waals surface area (Å²) in [5.41, 5.74) is 0. The molecule has 1 aliphatic heterocycles. The van der Waals surface area contributed by atoms with Crippen molar-refractivity contribution in [3.8, 4) is 0 Å². The molecule has 1 amide bonds. The number of likely N-dealkylation sites (N-methyl/N-ethyl adjacent to an activating group) is 1. The normalized spacial score (nSPS) is 16.1. The standard InChI is InChI=1S/C13H19ClN2O2S/c1-2-15(9-11-3-4-12(14)19-11)10-13(17)16-5-7-18-8-6-16/h3-4H,2,5-10H2,1H3. The monoisotopic (exact) mass is 302 g/mol. The second kappa shape index (κ2) is 7.24. The highest BCUT2D eigenvalue weighted by molar-refractivity contribution is 7.16. The fourth-order valence-electron chi connectivity index (χ4n) is 2.04. The van der Waals surface area contributed by atoms with Crippen LogP contribution < -0.4 is 0 Å². The average molecular weight is 303 g/mol. The van der Waals surface area contributed by atoms with Crippen molar-refractivity contribution in [1.82, 2.24) is 9.80 Å². The summed E-state index contributed by atoms with van der Waals surface area (Å²) < 4.78 is 6.06. The molecule has 4 nitrogen and oxygen atoms in total. The lowest BCUT2D eigenvalue weighted by Crippen LogP contribution is -2.45. The molecular weight excluding hydrogens is 284 g/mol. The lowest BCUT2D eigenvalue weighted by molar-refractivity contribution is -0.136. The van der Waals surface area contributed by atoms with E-state index in [1.807, 2.05) is 17.0 Å². The molecule has 0 aromatic carbocycles. The first-order valence-corrected chi connectivity index (χ1v) is 7.70. The number of thiophene rings is 1. The minimum Gasteiger partial charge on any atom is -0.378 e. The van der Waals surface area contributed by atoms with Gasteiger partial charge in [-0.1, -0.05) is 18.5 Å². The summed E-state index contributed by atoms with van der Waals surface area (Å²) in [5, 5.41) is 0. The molecule has 0 spiro atoms. The SMILES string of the molecule is CCN(CC(=O)N1CCOCC1)Cc1ccc(Cl)s1. The maximum Gasteiger partial charge on any atom is 0.236 e. The highest BCUT2D eigenvalue weighted by Crippen LogP contribution is 2.22. The van der Waals surface area contributed by atoms with Crippen molar-refractivity contribution in [1.29, 1.82) is 0 Å². The molecule has 1 aromatic heterocycles. The lowest BCUT2D eigenvalue weighted by Gasteiger charge is -2.29. The molecule has 6 heteroatoms. The van der Waals surface area contributed by atoms with Gasteiger partial charge in [-0.2, -0.15) is 0 Å². The number of carbonyl (C=O) groups excluding carboxylic acids is 1. The van der Waals surface area contributed by atoms with Crippen molar-refractivity contribution in [2.24, 2.45) is 0 Å². The van der Waals surface area contributed by atoms with Crippen LogP contribution in [0.4, 0.5) is 0 Å². The molecule has 106 valence electrons. The van der Waals surface area contributed by atoms with E-state index in [2.05, 4.69) is 11.8 Å². The van der Waals surface area contributed by atoms with Gasteiger partial charge in [-0.3, -0.25) is 9.69 Å². The summed E-state index contributed by atoms with van der Waals surface area (Å²) in [4.78, 5) is 17.4. The Morgan fingerprint density at radius 3 is 2.79 bits per heavy atom. The van der Waals surface area contributed by atoms with Crippen molar-refractivity contribution in [2.45, 2.75) is 13.5 Å². The Morgan fingerprint density at radius 2 is 2.21 bits per heavy atom. The van der Waals surface area contributed by atoms with Gasteiger partial charge >= 0.3 is 0 Å². The fourth-order valence-corrected chi connectivity index (χ4v) is 3.17. The highest BCUT2D eigenvalue weighted by atomic mass is 35.5. The van der Waals surface area contributed by atoms with E-state index in [0.717, 1.165) is 17.4 Å². The van der Waals surface area contributed by atoms with E-state index in [9.17, 15) is 4.79 Å². The van der Waals surface area contributed by atoms with Crippen LogP contribution in [-0.4, -0.2) is 55.1 Å². The number of carbonyl (C=O) groups is 1. The second-order valence-corrected chi connectivity index (χ2v) is 6.30. The molecule has 0 aliphatic carbocycles. The number of hydrogen-bond acceptors (Lipinski definition) is 4. The van der Waals surface area contributed by atoms with Crippen molar-refractivity contribution < 1.29 is 9.53 Å². The molecule has 1 aromatic rings. The largest absolute Gasteiger partial charge is 0.378 e. The van der Waals surface area contributed by atoms with Crippen LogP contribution in [0.15, 0.2) is 12.1 Å². The maximum atomic E-state index is 12.2. The van der Waals surface area contributed by atoms with Crippen molar-refractivity contribution in [3.63, 3.8) is 0 Å². The zero-order valence-corrected chi connectivity index (χ0v) is 12.7. The van der Waals surface area contributed by atoms with Crippen LogP contribution in [-0.2, 0) is 16.1 Å². The third kappa shape index (κ3) is 4.45. The Labute approximate surface area is 122 Å². The third-order valence-corrected chi connectivity index (χ3v) is 4.39. The molecule has 0 saturated carbocycles. The number of amides is 1. The molecule has 0 N–H and O–H groups in total. The van der Waals surface area contributed by atoms with Gasteiger partial charge < -0.3 is 9.64 Å². The Bertz CT molecular complexity index is 419. The fraction of sp³-hybridized carbons (Fsp3) is 0.615. The minimum absolute atomic E-state index is 0.188. The lowest BCUT2D eigenvalue weighted by atomic mass is 10.3. The van der Waals surface area contributed by atoms with E-state index in [1.54, 1.807) is 11.3 Å². The first-order valence-electron chi connectivity index (χ1n) is 6.51. The van der Waals surface area contributed by atoms with Gasteiger partial charge in [0.25, 0.3) is 0 Å². The molecule has 0 radical (unpaired) electrons. The molecule has 1 aliphatic rings. The van der Waals surface area contributed by atoms with E-state index >= 15 is 0 Å². The predicted molar refractivity (Wildman–Crippen MR) is 77.7 cm³/mol. The summed E-state index contributed by atoms with van der Waals surface area (Å²) >= 11 is 7.50. The number of nitrogens with zero attached hydrogens (tertiary/aromatic N) is 2. The number of halogens is 1. The summed E-state index contributed by atoms with van der Waals surface area (Å²) in [7, 11) is 0. The van der Waals surface area contributed by atoms with Gasteiger partial charge in [0, 0.05) is 24.5 Å². The Hall–Kier alpha value is -0.620. The molecule has 2 heterocycles. The number of rotatable bonds is 5. The number of hydrogen-bond donors (Lipinski definition) is 0. The summed E-state index contributed by atoms with van der Waals surface area (Å²) in [6.45, 7) is 6.89. The molecule has 0 unspecified atom stereocenters. The van der Waals surface area contributed by atoms with Crippen LogP contribution in [0.2, 0.25) is 4.34 Å². The predicted octanol–water partition coefficient (Wildman–Crippen LogP) is 2.08. The van der Waals surface area contributed by atoms with Gasteiger partial charge in [0.1, 0.15) is 0 Å². The van der Waals surface area contributed by atoms with Crippen LogP contribution in [0.1, 0.15) is 11.8 Å². The van der Waals surface area contributed by atoms with Crippen molar-refractivity contribution >= 4 is 28.8 Å². The molecule has 0 bridgehead atoms. The molecule has 1 fully saturated rings. The van der Waals surface area contributed by atoms with Gasteiger partial charge in [0.05, 0.1) is 24.1 Å². The van der Waals surface area contributed by atoms with Crippen molar-refractivity contribution in [3.05, 3.63) is 21.3 Å². The van der Waals surface area contributed by atoms with Gasteiger partial charge in [-0.15, -0.1) is 11.3 Å². The zero-order chi connectivity index (χ0) is 13.7. The van der Waals surface area contributed by atoms with Crippen LogP contribution in [0.25, 0.3) is 0 Å². The Kier molecular flexibility index (Phi) is 5.63. The van der Waals surface area contributed by atoms with Gasteiger partial charge in [-0.05, 0) is 18.7 Å². The van der Waals surface area contributed by atoms with Gasteiger partial charge in [0.15, 0.2) is 0 Å². The summed E-state index contributed by atoms with van der Waals surface area (Å²) in [6, 6.07) is 3.92. The van der Waals surface area contributed by atoms with E-state index < -0.39 is 0 Å². The Morgan fingerprint density at radius 1 is 1.47 bits per heavy atom.